The summed E-state index contributed by atoms with van der Waals surface area (Å²) in [6.45, 7) is 8.96. The van der Waals surface area contributed by atoms with Gasteiger partial charge < -0.3 is 9.73 Å². The first-order valence-corrected chi connectivity index (χ1v) is 9.87. The van der Waals surface area contributed by atoms with Gasteiger partial charge in [-0.25, -0.2) is 4.79 Å². The third-order valence-electron chi connectivity index (χ3n) is 5.99. The van der Waals surface area contributed by atoms with Crippen molar-refractivity contribution in [2.75, 3.05) is 0 Å². The fraction of sp³-hybridized carbons (Fsp3) is 0.292. The van der Waals surface area contributed by atoms with Crippen molar-refractivity contribution in [2.24, 2.45) is 0 Å². The van der Waals surface area contributed by atoms with Crippen LogP contribution in [0.3, 0.4) is 0 Å². The van der Waals surface area contributed by atoms with E-state index in [1.54, 1.807) is 13.0 Å². The van der Waals surface area contributed by atoms with Crippen LogP contribution in [0, 0.1) is 20.8 Å². The number of rotatable bonds is 4. The minimum absolute atomic E-state index is 0.0319. The highest BCUT2D eigenvalue weighted by Gasteiger charge is 2.51. The van der Waals surface area contributed by atoms with E-state index in [0.717, 1.165) is 27.6 Å². The monoisotopic (exact) mass is 404 g/mol. The molecule has 4 rings (SSSR count). The minimum Gasteiger partial charge on any atom is -0.458 e. The summed E-state index contributed by atoms with van der Waals surface area (Å²) < 4.78 is 5.88. The molecule has 3 aromatic rings. The molecular formula is C24H24N2O4. The molecule has 1 aliphatic heterocycles. The Bertz CT molecular complexity index is 1190. The highest BCUT2D eigenvalue weighted by Crippen LogP contribution is 2.34. The second-order valence-corrected chi connectivity index (χ2v) is 8.14. The Morgan fingerprint density at radius 1 is 1.10 bits per heavy atom. The molecule has 6 nitrogen and oxygen atoms in total. The Labute approximate surface area is 174 Å². The average molecular weight is 404 g/mol. The molecule has 1 aromatic heterocycles. The van der Waals surface area contributed by atoms with Gasteiger partial charge in [0.1, 0.15) is 11.3 Å². The van der Waals surface area contributed by atoms with Gasteiger partial charge >= 0.3 is 6.03 Å². The molecule has 1 fully saturated rings. The number of carbonyl (C=O) groups is 3. The average Bonchev–Trinajstić information content (AvgIpc) is 3.19. The highest BCUT2D eigenvalue weighted by molar-refractivity contribution is 6.07. The highest BCUT2D eigenvalue weighted by atomic mass is 16.3. The molecule has 1 atom stereocenters. The maximum Gasteiger partial charge on any atom is 0.325 e. The predicted molar refractivity (Wildman–Crippen MR) is 113 cm³/mol. The summed E-state index contributed by atoms with van der Waals surface area (Å²) in [5, 5.41) is 3.66. The van der Waals surface area contributed by atoms with Gasteiger partial charge in [-0.05, 0) is 69.0 Å². The molecule has 0 aliphatic carbocycles. The van der Waals surface area contributed by atoms with Crippen molar-refractivity contribution in [2.45, 2.75) is 46.7 Å². The van der Waals surface area contributed by atoms with E-state index in [0.29, 0.717) is 16.9 Å². The van der Waals surface area contributed by atoms with Crippen molar-refractivity contribution in [1.82, 2.24) is 10.2 Å². The molecule has 2 aromatic carbocycles. The third kappa shape index (κ3) is 2.91. The van der Waals surface area contributed by atoms with Gasteiger partial charge in [0.05, 0.1) is 6.54 Å². The molecule has 6 heteroatoms. The Morgan fingerprint density at radius 3 is 2.47 bits per heavy atom. The number of benzene rings is 2. The first-order chi connectivity index (χ1) is 14.1. The van der Waals surface area contributed by atoms with Gasteiger partial charge in [0.2, 0.25) is 0 Å². The van der Waals surface area contributed by atoms with Crippen LogP contribution < -0.4 is 5.32 Å². The van der Waals surface area contributed by atoms with E-state index in [4.69, 9.17) is 4.42 Å². The van der Waals surface area contributed by atoms with Crippen LogP contribution in [0.1, 0.15) is 52.2 Å². The molecule has 0 saturated carbocycles. The van der Waals surface area contributed by atoms with Crippen LogP contribution in [0.25, 0.3) is 11.0 Å². The van der Waals surface area contributed by atoms with Crippen LogP contribution in [-0.4, -0.2) is 22.6 Å². The van der Waals surface area contributed by atoms with E-state index in [1.165, 1.54) is 11.8 Å². The summed E-state index contributed by atoms with van der Waals surface area (Å²) in [6, 6.07) is 10.7. The summed E-state index contributed by atoms with van der Waals surface area (Å²) >= 11 is 0. The van der Waals surface area contributed by atoms with Gasteiger partial charge in [0.25, 0.3) is 5.91 Å². The van der Waals surface area contributed by atoms with Gasteiger partial charge in [-0.15, -0.1) is 0 Å². The second-order valence-electron chi connectivity index (χ2n) is 8.14. The van der Waals surface area contributed by atoms with E-state index in [9.17, 15) is 14.4 Å². The van der Waals surface area contributed by atoms with Crippen LogP contribution in [0.5, 0.6) is 0 Å². The van der Waals surface area contributed by atoms with Crippen LogP contribution in [0.15, 0.2) is 40.8 Å². The van der Waals surface area contributed by atoms with Crippen molar-refractivity contribution in [3.8, 4) is 0 Å². The number of nitrogens with one attached hydrogen (secondary N) is 1. The van der Waals surface area contributed by atoms with E-state index in [1.807, 2.05) is 51.1 Å². The van der Waals surface area contributed by atoms with Crippen molar-refractivity contribution in [3.05, 3.63) is 70.0 Å². The largest absolute Gasteiger partial charge is 0.458 e. The van der Waals surface area contributed by atoms with Gasteiger partial charge in [0, 0.05) is 10.9 Å². The zero-order valence-electron chi connectivity index (χ0n) is 17.8. The minimum atomic E-state index is -1.29. The Kier molecular flexibility index (Phi) is 4.53. The van der Waals surface area contributed by atoms with Crippen molar-refractivity contribution in [1.29, 1.82) is 0 Å². The van der Waals surface area contributed by atoms with E-state index < -0.39 is 11.6 Å². The Morgan fingerprint density at radius 2 is 1.80 bits per heavy atom. The number of ketones is 1. The van der Waals surface area contributed by atoms with Gasteiger partial charge in [-0.2, -0.15) is 0 Å². The number of nitrogens with zero attached hydrogens (tertiary/aromatic N) is 1. The van der Waals surface area contributed by atoms with E-state index >= 15 is 0 Å². The molecule has 0 unspecified atom stereocenters. The molecule has 154 valence electrons. The number of urea groups is 1. The SMILES string of the molecule is CC(=O)c1c(C)cc(C)c(CN2C(=O)N[C@@](C)(c3cc4ccccc4o3)C2=O)c1C. The van der Waals surface area contributed by atoms with Crippen molar-refractivity contribution >= 4 is 28.7 Å². The zero-order valence-corrected chi connectivity index (χ0v) is 17.8. The summed E-state index contributed by atoms with van der Waals surface area (Å²) in [5.41, 5.74) is 3.46. The maximum atomic E-state index is 13.3. The number of para-hydroxylation sites is 1. The van der Waals surface area contributed by atoms with E-state index in [2.05, 4.69) is 5.32 Å². The summed E-state index contributed by atoms with van der Waals surface area (Å²) in [5.74, 6) is -0.0165. The molecule has 2 heterocycles. The van der Waals surface area contributed by atoms with E-state index in [-0.39, 0.29) is 18.2 Å². The van der Waals surface area contributed by atoms with Gasteiger partial charge in [-0.1, -0.05) is 24.3 Å². The molecule has 3 amide bonds. The molecular weight excluding hydrogens is 380 g/mol. The topological polar surface area (TPSA) is 79.6 Å². The molecule has 0 spiro atoms. The maximum absolute atomic E-state index is 13.3. The fourth-order valence-electron chi connectivity index (χ4n) is 4.41. The van der Waals surface area contributed by atoms with Crippen LogP contribution in [0.4, 0.5) is 4.79 Å². The number of carbonyl (C=O) groups excluding carboxylic acids is 3. The molecule has 30 heavy (non-hydrogen) atoms. The Hall–Kier alpha value is -3.41. The summed E-state index contributed by atoms with van der Waals surface area (Å²) in [4.78, 5) is 39.4. The van der Waals surface area contributed by atoms with Crippen LogP contribution in [0.2, 0.25) is 0 Å². The van der Waals surface area contributed by atoms with Crippen molar-refractivity contribution in [3.63, 3.8) is 0 Å². The number of furan rings is 1. The van der Waals surface area contributed by atoms with Gasteiger partial charge in [-0.3, -0.25) is 14.5 Å². The standard InChI is InChI=1S/C24H24N2O4/c1-13-10-14(2)21(16(4)27)15(3)18(13)12-26-22(28)24(5,25-23(26)29)20-11-17-8-6-7-9-19(17)30-20/h6-11H,12H2,1-5H3,(H,25,29)/t24-/m0/s1. The zero-order chi connectivity index (χ0) is 21.8. The predicted octanol–water partition coefficient (Wildman–Crippen LogP) is 4.53. The lowest BCUT2D eigenvalue weighted by molar-refractivity contribution is -0.132. The lowest BCUT2D eigenvalue weighted by atomic mass is 9.91. The number of imide groups is 1. The second kappa shape index (κ2) is 6.83. The lowest BCUT2D eigenvalue weighted by Crippen LogP contribution is -2.40. The smallest absolute Gasteiger partial charge is 0.325 e. The first-order valence-electron chi connectivity index (χ1n) is 9.87. The number of aryl methyl sites for hydroxylation is 2. The lowest BCUT2D eigenvalue weighted by Gasteiger charge is -2.21. The molecule has 1 N–H and O–H groups in total. The first kappa shape index (κ1) is 19.9. The van der Waals surface area contributed by atoms with Crippen LogP contribution in [-0.2, 0) is 16.9 Å². The number of hydrogen-bond donors (Lipinski definition) is 1. The van der Waals surface area contributed by atoms with Gasteiger partial charge in [0.15, 0.2) is 11.3 Å². The van der Waals surface area contributed by atoms with Crippen molar-refractivity contribution < 1.29 is 18.8 Å². The summed E-state index contributed by atoms with van der Waals surface area (Å²) in [7, 11) is 0. The molecule has 0 bridgehead atoms. The summed E-state index contributed by atoms with van der Waals surface area (Å²) in [6.07, 6.45) is 0. The normalized spacial score (nSPS) is 18.9. The molecule has 0 radical (unpaired) electrons. The Balaban J connectivity index is 1.72. The number of fused-ring (bicyclic) bond motifs is 1. The van der Waals surface area contributed by atoms with Crippen LogP contribution >= 0.6 is 0 Å². The molecule has 1 saturated heterocycles. The fourth-order valence-corrected chi connectivity index (χ4v) is 4.41. The quantitative estimate of drug-likeness (QED) is 0.512. The number of hydrogen-bond acceptors (Lipinski definition) is 4. The third-order valence-corrected chi connectivity index (χ3v) is 5.99. The molecule has 1 aliphatic rings. The number of amides is 3. The number of Topliss-reactive ketones (excluding diaryl/α,β-unsaturated/α-hetero) is 1.